The normalized spacial score (nSPS) is 11.4. The van der Waals surface area contributed by atoms with Gasteiger partial charge in [-0.15, -0.1) is 11.6 Å². The molecule has 24 heavy (non-hydrogen) atoms. The molecule has 0 amide bonds. The highest BCUT2D eigenvalue weighted by molar-refractivity contribution is 7.87. The van der Waals surface area contributed by atoms with Crippen LogP contribution in [0.4, 0.5) is 5.82 Å². The smallest absolute Gasteiger partial charge is 0.354 e. The van der Waals surface area contributed by atoms with Gasteiger partial charge in [0.1, 0.15) is 5.82 Å². The number of halogens is 1. The number of carbonyl (C=O) groups is 1. The van der Waals surface area contributed by atoms with E-state index in [0.717, 1.165) is 6.20 Å². The maximum absolute atomic E-state index is 11.5. The van der Waals surface area contributed by atoms with Gasteiger partial charge in [-0.3, -0.25) is 0 Å². The summed E-state index contributed by atoms with van der Waals surface area (Å²) < 4.78 is 23.5. The number of anilines is 1. The number of hydrogen-bond donors (Lipinski definition) is 4. The van der Waals surface area contributed by atoms with Gasteiger partial charge in [0.05, 0.1) is 6.00 Å². The van der Waals surface area contributed by atoms with Crippen LogP contribution < -0.4 is 15.8 Å². The summed E-state index contributed by atoms with van der Waals surface area (Å²) in [5.41, 5.74) is 0.227. The Labute approximate surface area is 143 Å². The molecule has 2 aromatic heterocycles. The molecule has 0 radical (unpaired) electrons. The third-order valence-corrected chi connectivity index (χ3v) is 4.15. The summed E-state index contributed by atoms with van der Waals surface area (Å²) in [4.78, 5) is 15.6. The summed E-state index contributed by atoms with van der Waals surface area (Å²) in [6.07, 6.45) is 2.55. The Balaban J connectivity index is 2.26. The Morgan fingerprint density at radius 3 is 2.62 bits per heavy atom. The van der Waals surface area contributed by atoms with E-state index in [1.165, 1.54) is 12.3 Å². The first kappa shape index (κ1) is 18.2. The summed E-state index contributed by atoms with van der Waals surface area (Å²) in [5, 5.41) is 20.3. The third-order valence-electron chi connectivity index (χ3n) is 3.11. The molecule has 2 aromatic rings. The molecule has 0 spiro atoms. The zero-order chi connectivity index (χ0) is 17.7. The molecule has 0 aliphatic heterocycles. The summed E-state index contributed by atoms with van der Waals surface area (Å²) >= 11 is 5.49. The second-order valence-electron chi connectivity index (χ2n) is 4.72. The van der Waals surface area contributed by atoms with E-state index in [0.29, 0.717) is 34.4 Å². The van der Waals surface area contributed by atoms with Crippen LogP contribution in [0.15, 0.2) is 30.6 Å². The fourth-order valence-electron chi connectivity index (χ4n) is 2.07. The first-order valence-corrected chi connectivity index (χ1v) is 8.83. The highest BCUT2D eigenvalue weighted by Crippen LogP contribution is 2.26. The number of aromatic carboxylic acids is 1. The van der Waals surface area contributed by atoms with Crippen LogP contribution in [-0.2, 0) is 10.2 Å². The number of hydrogen-bond acceptors (Lipinski definition) is 6. The van der Waals surface area contributed by atoms with E-state index < -0.39 is 21.9 Å². The van der Waals surface area contributed by atoms with E-state index in [2.05, 4.69) is 15.6 Å². The summed E-state index contributed by atoms with van der Waals surface area (Å²) in [6.45, 7) is 1.27. The van der Waals surface area contributed by atoms with Gasteiger partial charge in [0, 0.05) is 36.6 Å². The Hall–Kier alpha value is -2.14. The summed E-state index contributed by atoms with van der Waals surface area (Å²) in [5.74, 6) is -0.809. The zero-order valence-electron chi connectivity index (χ0n) is 12.4. The van der Waals surface area contributed by atoms with Crippen LogP contribution in [0.25, 0.3) is 11.1 Å². The maximum atomic E-state index is 11.5. The fraction of sp³-hybridized carbons (Fsp3) is 0.231. The first-order valence-electron chi connectivity index (χ1n) is 6.79. The van der Waals surface area contributed by atoms with Crippen LogP contribution in [0.3, 0.4) is 0 Å². The van der Waals surface area contributed by atoms with Crippen molar-refractivity contribution in [3.8, 4) is 11.1 Å². The van der Waals surface area contributed by atoms with Crippen molar-refractivity contribution in [2.75, 3.05) is 24.4 Å². The average molecular weight is 374 g/mol. The highest BCUT2D eigenvalue weighted by atomic mass is 35.5. The number of aromatic nitrogens is 2. The Bertz CT molecular complexity index is 819. The van der Waals surface area contributed by atoms with Crippen molar-refractivity contribution in [2.24, 2.45) is 5.14 Å². The molecular weight excluding hydrogens is 358 g/mol. The van der Waals surface area contributed by atoms with Crippen molar-refractivity contribution in [3.63, 3.8) is 0 Å². The molecule has 0 aliphatic carbocycles. The van der Waals surface area contributed by atoms with Gasteiger partial charge in [0.25, 0.3) is 0 Å². The third kappa shape index (κ3) is 4.23. The lowest BCUT2D eigenvalue weighted by Crippen LogP contribution is -2.24. The summed E-state index contributed by atoms with van der Waals surface area (Å²) in [6, 6.07) is 5.02. The second-order valence-corrected chi connectivity index (χ2v) is 6.41. The maximum Gasteiger partial charge on any atom is 0.354 e. The van der Waals surface area contributed by atoms with Gasteiger partial charge < -0.3 is 15.7 Å². The van der Waals surface area contributed by atoms with Gasteiger partial charge in [-0.2, -0.15) is 8.42 Å². The van der Waals surface area contributed by atoms with E-state index in [1.807, 2.05) is 0 Å². The summed E-state index contributed by atoms with van der Waals surface area (Å²) in [7, 11) is -4.21. The molecule has 0 bridgehead atoms. The average Bonchev–Trinajstić information content (AvgIpc) is 2.97. The minimum atomic E-state index is -4.21. The molecule has 5 N–H and O–H groups in total. The van der Waals surface area contributed by atoms with E-state index >= 15 is 0 Å². The van der Waals surface area contributed by atoms with Gasteiger partial charge in [-0.1, -0.05) is 0 Å². The molecule has 11 heteroatoms. The van der Waals surface area contributed by atoms with Gasteiger partial charge in [0.15, 0.2) is 5.69 Å². The Morgan fingerprint density at radius 2 is 2.08 bits per heavy atom. The van der Waals surface area contributed by atoms with Crippen LogP contribution in [0.5, 0.6) is 0 Å². The van der Waals surface area contributed by atoms with Crippen molar-refractivity contribution in [3.05, 3.63) is 36.3 Å². The number of pyridine rings is 1. The number of nitrogens with two attached hydrogens (primary N) is 1. The van der Waals surface area contributed by atoms with Gasteiger partial charge in [-0.25, -0.2) is 18.9 Å². The van der Waals surface area contributed by atoms with Crippen molar-refractivity contribution < 1.29 is 18.3 Å². The van der Waals surface area contributed by atoms with Crippen LogP contribution >= 0.6 is 11.6 Å². The molecule has 2 heterocycles. The van der Waals surface area contributed by atoms with E-state index in [4.69, 9.17) is 16.7 Å². The topological polar surface area (TPSA) is 139 Å². The Kier molecular flexibility index (Phi) is 5.78. The lowest BCUT2D eigenvalue weighted by molar-refractivity contribution is 0.0690. The zero-order valence-corrected chi connectivity index (χ0v) is 14.0. The first-order chi connectivity index (χ1) is 11.3. The number of nitrogens with zero attached hydrogens (tertiary/aromatic N) is 2. The van der Waals surface area contributed by atoms with Crippen LogP contribution in [0, 0.1) is 0 Å². The molecule has 2 rings (SSSR count). The number of alkyl halides is 1. The van der Waals surface area contributed by atoms with Crippen molar-refractivity contribution in [2.45, 2.75) is 0 Å². The van der Waals surface area contributed by atoms with Gasteiger partial charge >= 0.3 is 16.2 Å². The minimum Gasteiger partial charge on any atom is -0.477 e. The standard InChI is InChI=1S/C13H16ClN5O4S/c14-8-16-4-5-17-11-2-1-9(7-18-11)10-3-6-19(24(15,22)23)12(10)13(20)21/h1-3,6-7,16H,4-5,8H2,(H,17,18)(H,20,21)(H2,15,22,23). The molecular formula is C13H16ClN5O4S. The number of rotatable bonds is 8. The van der Waals surface area contributed by atoms with Crippen LogP contribution in [0.2, 0.25) is 0 Å². The van der Waals surface area contributed by atoms with Crippen LogP contribution in [-0.4, -0.2) is 47.5 Å². The molecule has 0 aromatic carbocycles. The van der Waals surface area contributed by atoms with Crippen LogP contribution in [0.1, 0.15) is 10.5 Å². The molecule has 9 nitrogen and oxygen atoms in total. The largest absolute Gasteiger partial charge is 0.477 e. The molecule has 0 saturated carbocycles. The van der Waals surface area contributed by atoms with Gasteiger partial charge in [-0.05, 0) is 18.2 Å². The number of carboxylic acids is 1. The molecule has 0 fully saturated rings. The molecule has 0 aliphatic rings. The number of nitrogens with one attached hydrogen (secondary N) is 2. The quantitative estimate of drug-likeness (QED) is 0.300. The lowest BCUT2D eigenvalue weighted by atomic mass is 10.1. The Morgan fingerprint density at radius 1 is 1.33 bits per heavy atom. The van der Waals surface area contributed by atoms with Crippen molar-refractivity contribution in [1.82, 2.24) is 14.3 Å². The van der Waals surface area contributed by atoms with E-state index in [-0.39, 0.29) is 5.56 Å². The van der Waals surface area contributed by atoms with Gasteiger partial charge in [0.2, 0.25) is 0 Å². The lowest BCUT2D eigenvalue weighted by Gasteiger charge is -2.08. The second kappa shape index (κ2) is 7.62. The monoisotopic (exact) mass is 373 g/mol. The minimum absolute atomic E-state index is 0.208. The van der Waals surface area contributed by atoms with E-state index in [9.17, 15) is 18.3 Å². The number of carboxylic acid groups (broad SMARTS) is 1. The van der Waals surface area contributed by atoms with E-state index in [1.54, 1.807) is 12.1 Å². The van der Waals surface area contributed by atoms with Crippen molar-refractivity contribution >= 4 is 33.6 Å². The molecule has 0 unspecified atom stereocenters. The van der Waals surface area contributed by atoms with Crippen molar-refractivity contribution in [1.29, 1.82) is 0 Å². The molecule has 0 atom stereocenters. The predicted octanol–water partition coefficient (Wildman–Crippen LogP) is 0.498. The SMILES string of the molecule is NS(=O)(=O)n1ccc(-c2ccc(NCCNCCl)nc2)c1C(=O)O. The molecule has 0 saturated heterocycles. The fourth-order valence-corrected chi connectivity index (χ4v) is 2.87. The molecule has 130 valence electrons. The predicted molar refractivity (Wildman–Crippen MR) is 90.3 cm³/mol. The highest BCUT2D eigenvalue weighted by Gasteiger charge is 2.22.